The average Bonchev–Trinajstić information content (AvgIpc) is 2.60. The molecule has 94 valence electrons. The molecule has 1 aromatic rings. The first-order valence-corrected chi connectivity index (χ1v) is 6.08. The van der Waals surface area contributed by atoms with Crippen LogP contribution >= 0.6 is 0 Å². The topological polar surface area (TPSA) is 28.4 Å². The van der Waals surface area contributed by atoms with Gasteiger partial charge in [0.15, 0.2) is 0 Å². The van der Waals surface area contributed by atoms with Crippen molar-refractivity contribution in [3.05, 3.63) is 23.2 Å². The van der Waals surface area contributed by atoms with Gasteiger partial charge >= 0.3 is 0 Å². The van der Waals surface area contributed by atoms with Crippen LogP contribution in [0.2, 0.25) is 0 Å². The van der Waals surface area contributed by atoms with Gasteiger partial charge in [-0.2, -0.15) is 0 Å². The lowest BCUT2D eigenvalue weighted by Gasteiger charge is -2.10. The maximum absolute atomic E-state index is 5.71. The molecule has 0 unspecified atom stereocenters. The normalized spacial score (nSPS) is 10.8. The van der Waals surface area contributed by atoms with E-state index < -0.39 is 0 Å². The van der Waals surface area contributed by atoms with E-state index >= 15 is 0 Å². The van der Waals surface area contributed by atoms with Crippen LogP contribution in [-0.2, 0) is 13.1 Å². The van der Waals surface area contributed by atoms with Crippen LogP contribution in [-0.4, -0.2) is 25.0 Å². The van der Waals surface area contributed by atoms with Crippen LogP contribution in [0.1, 0.15) is 30.4 Å². The molecule has 0 aliphatic heterocycles. The fourth-order valence-corrected chi connectivity index (χ4v) is 1.72. The lowest BCUT2D eigenvalue weighted by atomic mass is 10.2. The molecule has 0 radical (unpaired) electrons. The summed E-state index contributed by atoms with van der Waals surface area (Å²) in [6, 6.07) is 2.12. The minimum absolute atomic E-state index is 0.642. The summed E-state index contributed by atoms with van der Waals surface area (Å²) in [5.41, 5.74) is 1.24. The van der Waals surface area contributed by atoms with E-state index in [0.29, 0.717) is 6.54 Å². The second kappa shape index (κ2) is 7.16. The van der Waals surface area contributed by atoms with Crippen LogP contribution in [0.25, 0.3) is 0 Å². The van der Waals surface area contributed by atoms with Crippen molar-refractivity contribution >= 4 is 0 Å². The van der Waals surface area contributed by atoms with E-state index in [-0.39, 0.29) is 0 Å². The highest BCUT2D eigenvalue weighted by Gasteiger charge is 2.08. The summed E-state index contributed by atoms with van der Waals surface area (Å²) in [4.78, 5) is 2.06. The van der Waals surface area contributed by atoms with Crippen molar-refractivity contribution in [3.63, 3.8) is 0 Å². The highest BCUT2D eigenvalue weighted by Crippen LogP contribution is 2.15. The zero-order chi connectivity index (χ0) is 12.7. The van der Waals surface area contributed by atoms with Gasteiger partial charge in [0.25, 0.3) is 0 Å². The number of furan rings is 1. The lowest BCUT2D eigenvalue weighted by Crippen LogP contribution is -2.17. The van der Waals surface area contributed by atoms with Crippen molar-refractivity contribution in [1.82, 2.24) is 10.2 Å². The maximum Gasteiger partial charge on any atom is 0.118 e. The van der Waals surface area contributed by atoms with Gasteiger partial charge in [-0.1, -0.05) is 12.8 Å². The van der Waals surface area contributed by atoms with Crippen molar-refractivity contribution in [3.8, 4) is 12.3 Å². The standard InChI is InChI=1S/C14H22N2O/c1-5-7-15-10-13-9-14(17-12(13)3)11-16(4)8-6-2/h2,9,15H,5,7-8,10-11H2,1,3-4H3. The molecule has 0 amide bonds. The first kappa shape index (κ1) is 13.8. The molecular formula is C14H22N2O. The van der Waals surface area contributed by atoms with Gasteiger partial charge in [0.1, 0.15) is 11.5 Å². The zero-order valence-electron chi connectivity index (χ0n) is 11.0. The third-order valence-corrected chi connectivity index (χ3v) is 2.60. The predicted octanol–water partition coefficient (Wildman–Crippen LogP) is 2.15. The van der Waals surface area contributed by atoms with Crippen molar-refractivity contribution in [1.29, 1.82) is 0 Å². The molecule has 1 heterocycles. The predicted molar refractivity (Wildman–Crippen MR) is 70.6 cm³/mol. The first-order chi connectivity index (χ1) is 8.17. The summed E-state index contributed by atoms with van der Waals surface area (Å²) in [6.07, 6.45) is 6.41. The zero-order valence-corrected chi connectivity index (χ0v) is 11.0. The van der Waals surface area contributed by atoms with Crippen molar-refractivity contribution in [2.24, 2.45) is 0 Å². The maximum atomic E-state index is 5.71. The molecule has 17 heavy (non-hydrogen) atoms. The SMILES string of the molecule is C#CCN(C)Cc1cc(CNCCC)c(C)o1. The molecule has 1 rings (SSSR count). The molecule has 0 aromatic carbocycles. The Morgan fingerprint density at radius 3 is 2.94 bits per heavy atom. The van der Waals surface area contributed by atoms with E-state index in [9.17, 15) is 0 Å². The van der Waals surface area contributed by atoms with Crippen molar-refractivity contribution in [2.45, 2.75) is 33.4 Å². The molecule has 0 saturated carbocycles. The highest BCUT2D eigenvalue weighted by atomic mass is 16.3. The lowest BCUT2D eigenvalue weighted by molar-refractivity contribution is 0.322. The molecule has 0 fully saturated rings. The summed E-state index contributed by atoms with van der Waals surface area (Å²) >= 11 is 0. The third-order valence-electron chi connectivity index (χ3n) is 2.60. The number of terminal acetylenes is 1. The Morgan fingerprint density at radius 2 is 2.29 bits per heavy atom. The smallest absolute Gasteiger partial charge is 0.118 e. The van der Waals surface area contributed by atoms with Gasteiger partial charge in [-0.3, -0.25) is 4.90 Å². The Balaban J connectivity index is 2.52. The number of nitrogens with zero attached hydrogens (tertiary/aromatic N) is 1. The quantitative estimate of drug-likeness (QED) is 0.579. The van der Waals surface area contributed by atoms with Crippen LogP contribution in [0.15, 0.2) is 10.5 Å². The molecule has 1 aromatic heterocycles. The van der Waals surface area contributed by atoms with E-state index in [0.717, 1.165) is 37.6 Å². The molecule has 3 nitrogen and oxygen atoms in total. The van der Waals surface area contributed by atoms with E-state index in [1.165, 1.54) is 5.56 Å². The largest absolute Gasteiger partial charge is 0.465 e. The van der Waals surface area contributed by atoms with Crippen LogP contribution in [0.5, 0.6) is 0 Å². The summed E-state index contributed by atoms with van der Waals surface area (Å²) in [7, 11) is 1.99. The van der Waals surface area contributed by atoms with Gasteiger partial charge < -0.3 is 9.73 Å². The molecule has 0 spiro atoms. The van der Waals surface area contributed by atoms with Gasteiger partial charge in [0, 0.05) is 12.1 Å². The van der Waals surface area contributed by atoms with Gasteiger partial charge in [-0.25, -0.2) is 0 Å². The van der Waals surface area contributed by atoms with Crippen LogP contribution < -0.4 is 5.32 Å². The number of hydrogen-bond acceptors (Lipinski definition) is 3. The fraction of sp³-hybridized carbons (Fsp3) is 0.571. The second-order valence-electron chi connectivity index (χ2n) is 4.35. The number of hydrogen-bond donors (Lipinski definition) is 1. The van der Waals surface area contributed by atoms with Crippen molar-refractivity contribution in [2.75, 3.05) is 20.1 Å². The van der Waals surface area contributed by atoms with Crippen molar-refractivity contribution < 1.29 is 4.42 Å². The Labute approximate surface area is 104 Å². The van der Waals surface area contributed by atoms with Gasteiger partial charge in [0.2, 0.25) is 0 Å². The summed E-state index contributed by atoms with van der Waals surface area (Å²) in [5, 5.41) is 3.38. The fourth-order valence-electron chi connectivity index (χ4n) is 1.72. The minimum atomic E-state index is 0.642. The van der Waals surface area contributed by atoms with Crippen LogP contribution in [0.4, 0.5) is 0 Å². The minimum Gasteiger partial charge on any atom is -0.465 e. The van der Waals surface area contributed by atoms with E-state index in [1.54, 1.807) is 0 Å². The summed E-state index contributed by atoms with van der Waals surface area (Å²) in [6.45, 7) is 7.49. The Hall–Kier alpha value is -1.24. The molecule has 0 saturated heterocycles. The molecule has 0 atom stereocenters. The summed E-state index contributed by atoms with van der Waals surface area (Å²) in [5.74, 6) is 4.60. The highest BCUT2D eigenvalue weighted by molar-refractivity contribution is 5.20. The van der Waals surface area contributed by atoms with Gasteiger partial charge in [0.05, 0.1) is 13.1 Å². The average molecular weight is 234 g/mol. The first-order valence-electron chi connectivity index (χ1n) is 6.08. The number of nitrogens with one attached hydrogen (secondary N) is 1. The van der Waals surface area contributed by atoms with Crippen LogP contribution in [0.3, 0.4) is 0 Å². The molecule has 3 heteroatoms. The molecule has 0 aliphatic carbocycles. The van der Waals surface area contributed by atoms with Crippen LogP contribution in [0, 0.1) is 19.3 Å². The van der Waals surface area contributed by atoms with E-state index in [4.69, 9.17) is 10.8 Å². The molecule has 1 N–H and O–H groups in total. The Kier molecular flexibility index (Phi) is 5.82. The Morgan fingerprint density at radius 1 is 1.53 bits per heavy atom. The number of rotatable bonds is 7. The molecular weight excluding hydrogens is 212 g/mol. The van der Waals surface area contributed by atoms with E-state index in [1.807, 2.05) is 14.0 Å². The molecule has 0 bridgehead atoms. The molecule has 0 aliphatic rings. The van der Waals surface area contributed by atoms with Gasteiger partial charge in [-0.15, -0.1) is 6.42 Å². The second-order valence-corrected chi connectivity index (χ2v) is 4.35. The number of aryl methyl sites for hydroxylation is 1. The monoisotopic (exact) mass is 234 g/mol. The summed E-state index contributed by atoms with van der Waals surface area (Å²) < 4.78 is 5.71. The van der Waals surface area contributed by atoms with E-state index in [2.05, 4.69) is 29.1 Å². The Bertz CT molecular complexity index is 376. The van der Waals surface area contributed by atoms with Gasteiger partial charge in [-0.05, 0) is 33.0 Å². The third kappa shape index (κ3) is 4.64.